The van der Waals surface area contributed by atoms with Gasteiger partial charge in [0.2, 0.25) is 0 Å². The molecule has 1 saturated heterocycles. The van der Waals surface area contributed by atoms with Crippen LogP contribution in [-0.4, -0.2) is 34.1 Å². The van der Waals surface area contributed by atoms with Crippen molar-refractivity contribution < 1.29 is 4.79 Å². The molecular weight excluding hydrogens is 328 g/mol. The Morgan fingerprint density at radius 3 is 2.65 bits per heavy atom. The minimum atomic E-state index is -0.271. The van der Waals surface area contributed by atoms with Gasteiger partial charge in [0.15, 0.2) is 0 Å². The number of anilines is 3. The van der Waals surface area contributed by atoms with Gasteiger partial charge >= 0.3 is 6.03 Å². The first kappa shape index (κ1) is 16.1. The number of aromatic nitrogens is 3. The van der Waals surface area contributed by atoms with Crippen LogP contribution in [0.5, 0.6) is 0 Å². The van der Waals surface area contributed by atoms with Gasteiger partial charge in [-0.1, -0.05) is 23.4 Å². The number of hydrogen-bond acceptors (Lipinski definition) is 4. The van der Waals surface area contributed by atoms with Crippen molar-refractivity contribution in [3.63, 3.8) is 0 Å². The summed E-state index contributed by atoms with van der Waals surface area (Å²) in [5.41, 5.74) is 3.41. The Labute approximate surface area is 151 Å². The van der Waals surface area contributed by atoms with Gasteiger partial charge in [-0.3, -0.25) is 0 Å². The topological polar surface area (TPSA) is 75.1 Å². The molecule has 1 aromatic heterocycles. The predicted molar refractivity (Wildman–Crippen MR) is 102 cm³/mol. The van der Waals surface area contributed by atoms with Gasteiger partial charge in [0.05, 0.1) is 29.5 Å². The number of amides is 2. The number of benzene rings is 2. The highest BCUT2D eigenvalue weighted by atomic mass is 16.2. The molecular formula is C19H20N6O. The molecule has 7 heteroatoms. The van der Waals surface area contributed by atoms with E-state index in [-0.39, 0.29) is 6.03 Å². The maximum absolute atomic E-state index is 12.5. The summed E-state index contributed by atoms with van der Waals surface area (Å²) < 4.78 is 1.64. The van der Waals surface area contributed by atoms with Crippen molar-refractivity contribution in [2.45, 2.75) is 12.8 Å². The van der Waals surface area contributed by atoms with Crippen molar-refractivity contribution >= 4 is 23.1 Å². The molecule has 3 aromatic rings. The average Bonchev–Trinajstić information content (AvgIpc) is 3.36. The van der Waals surface area contributed by atoms with Crippen molar-refractivity contribution in [2.75, 3.05) is 28.6 Å². The van der Waals surface area contributed by atoms with E-state index in [0.29, 0.717) is 5.69 Å². The Morgan fingerprint density at radius 2 is 1.85 bits per heavy atom. The van der Waals surface area contributed by atoms with E-state index in [4.69, 9.17) is 0 Å². The molecule has 4 rings (SSSR count). The Balaban J connectivity index is 1.47. The molecule has 1 aliphatic heterocycles. The van der Waals surface area contributed by atoms with Gasteiger partial charge in [0.1, 0.15) is 0 Å². The van der Waals surface area contributed by atoms with Crippen LogP contribution in [0.25, 0.3) is 5.69 Å². The van der Waals surface area contributed by atoms with Crippen LogP contribution < -0.4 is 15.5 Å². The lowest BCUT2D eigenvalue weighted by Crippen LogP contribution is -2.23. The standard InChI is InChI=1S/C19H20N6O/c26-19(21-15-6-5-7-16(14-15)25-13-10-20-23-25)22-17-8-1-2-9-18(17)24-11-3-4-12-24/h1-2,5-10,13-14H,3-4,11-12H2,(H2,21,22,26). The monoisotopic (exact) mass is 348 g/mol. The lowest BCUT2D eigenvalue weighted by Gasteiger charge is -2.21. The van der Waals surface area contributed by atoms with E-state index in [1.807, 2.05) is 48.5 Å². The van der Waals surface area contributed by atoms with Gasteiger partial charge in [-0.15, -0.1) is 5.10 Å². The molecule has 7 nitrogen and oxygen atoms in total. The normalized spacial score (nSPS) is 13.6. The van der Waals surface area contributed by atoms with E-state index >= 15 is 0 Å². The van der Waals surface area contributed by atoms with Crippen molar-refractivity contribution in [1.82, 2.24) is 15.0 Å². The van der Waals surface area contributed by atoms with Crippen LogP contribution in [0.4, 0.5) is 21.9 Å². The first-order valence-corrected chi connectivity index (χ1v) is 8.68. The van der Waals surface area contributed by atoms with Crippen LogP contribution in [-0.2, 0) is 0 Å². The first-order chi connectivity index (χ1) is 12.8. The molecule has 1 fully saturated rings. The summed E-state index contributed by atoms with van der Waals surface area (Å²) in [7, 11) is 0. The molecule has 2 amide bonds. The minimum absolute atomic E-state index is 0.271. The fourth-order valence-corrected chi connectivity index (χ4v) is 3.17. The van der Waals surface area contributed by atoms with Gasteiger partial charge in [-0.25, -0.2) is 9.48 Å². The number of para-hydroxylation sites is 2. The molecule has 1 aliphatic rings. The molecule has 0 aliphatic carbocycles. The number of urea groups is 1. The zero-order valence-electron chi connectivity index (χ0n) is 14.3. The highest BCUT2D eigenvalue weighted by Gasteiger charge is 2.16. The van der Waals surface area contributed by atoms with Gasteiger partial charge in [-0.2, -0.15) is 0 Å². The van der Waals surface area contributed by atoms with E-state index in [9.17, 15) is 4.79 Å². The summed E-state index contributed by atoms with van der Waals surface area (Å²) in [5.74, 6) is 0. The van der Waals surface area contributed by atoms with Crippen molar-refractivity contribution in [3.05, 3.63) is 60.9 Å². The smallest absolute Gasteiger partial charge is 0.323 e. The van der Waals surface area contributed by atoms with Crippen LogP contribution in [0, 0.1) is 0 Å². The third-order valence-electron chi connectivity index (χ3n) is 4.39. The van der Waals surface area contributed by atoms with E-state index < -0.39 is 0 Å². The van der Waals surface area contributed by atoms with Gasteiger partial charge in [0, 0.05) is 18.8 Å². The zero-order chi connectivity index (χ0) is 17.8. The van der Waals surface area contributed by atoms with Crippen LogP contribution in [0.3, 0.4) is 0 Å². The molecule has 0 bridgehead atoms. The van der Waals surface area contributed by atoms with Crippen molar-refractivity contribution in [2.24, 2.45) is 0 Å². The summed E-state index contributed by atoms with van der Waals surface area (Å²) >= 11 is 0. The molecule has 26 heavy (non-hydrogen) atoms. The van der Waals surface area contributed by atoms with Gasteiger partial charge in [-0.05, 0) is 43.2 Å². The lowest BCUT2D eigenvalue weighted by molar-refractivity contribution is 0.262. The highest BCUT2D eigenvalue weighted by molar-refractivity contribution is 6.02. The summed E-state index contributed by atoms with van der Waals surface area (Å²) in [5, 5.41) is 13.6. The average molecular weight is 348 g/mol. The van der Waals surface area contributed by atoms with E-state index in [1.165, 1.54) is 12.8 Å². The second-order valence-electron chi connectivity index (χ2n) is 6.19. The second kappa shape index (κ2) is 7.26. The van der Waals surface area contributed by atoms with Crippen molar-refractivity contribution in [3.8, 4) is 5.69 Å². The molecule has 0 atom stereocenters. The maximum Gasteiger partial charge on any atom is 0.323 e. The van der Waals surface area contributed by atoms with E-state index in [2.05, 4.69) is 25.8 Å². The first-order valence-electron chi connectivity index (χ1n) is 8.68. The molecule has 2 heterocycles. The Bertz CT molecular complexity index is 887. The molecule has 0 unspecified atom stereocenters. The Hall–Kier alpha value is -3.35. The molecule has 2 aromatic carbocycles. The van der Waals surface area contributed by atoms with Crippen LogP contribution in [0.1, 0.15) is 12.8 Å². The van der Waals surface area contributed by atoms with Crippen LogP contribution >= 0.6 is 0 Å². The quantitative estimate of drug-likeness (QED) is 0.756. The molecule has 132 valence electrons. The number of nitrogens with one attached hydrogen (secondary N) is 2. The van der Waals surface area contributed by atoms with E-state index in [0.717, 1.165) is 30.2 Å². The van der Waals surface area contributed by atoms with Crippen LogP contribution in [0.15, 0.2) is 60.9 Å². The van der Waals surface area contributed by atoms with Gasteiger partial charge in [0.25, 0.3) is 0 Å². The van der Waals surface area contributed by atoms with Crippen molar-refractivity contribution in [1.29, 1.82) is 0 Å². The maximum atomic E-state index is 12.5. The third kappa shape index (κ3) is 3.51. The summed E-state index contributed by atoms with van der Waals surface area (Å²) in [6.45, 7) is 2.06. The summed E-state index contributed by atoms with van der Waals surface area (Å²) in [6.07, 6.45) is 5.75. The number of hydrogen-bond donors (Lipinski definition) is 2. The number of carbonyl (C=O) groups excluding carboxylic acids is 1. The number of rotatable bonds is 4. The van der Waals surface area contributed by atoms with E-state index in [1.54, 1.807) is 17.1 Å². The minimum Gasteiger partial charge on any atom is -0.370 e. The second-order valence-corrected chi connectivity index (χ2v) is 6.19. The largest absolute Gasteiger partial charge is 0.370 e. The molecule has 0 radical (unpaired) electrons. The van der Waals surface area contributed by atoms with Crippen LogP contribution in [0.2, 0.25) is 0 Å². The predicted octanol–water partition coefficient (Wildman–Crippen LogP) is 3.51. The third-order valence-corrected chi connectivity index (χ3v) is 4.39. The molecule has 2 N–H and O–H groups in total. The lowest BCUT2D eigenvalue weighted by atomic mass is 10.2. The number of carbonyl (C=O) groups is 1. The summed E-state index contributed by atoms with van der Waals surface area (Å²) in [6, 6.07) is 15.1. The summed E-state index contributed by atoms with van der Waals surface area (Å²) in [4.78, 5) is 14.8. The zero-order valence-corrected chi connectivity index (χ0v) is 14.3. The highest BCUT2D eigenvalue weighted by Crippen LogP contribution is 2.28. The molecule has 0 saturated carbocycles. The van der Waals surface area contributed by atoms with Gasteiger partial charge < -0.3 is 15.5 Å². The molecule has 0 spiro atoms. The Morgan fingerprint density at radius 1 is 1.00 bits per heavy atom. The fraction of sp³-hybridized carbons (Fsp3) is 0.211. The fourth-order valence-electron chi connectivity index (χ4n) is 3.17. The SMILES string of the molecule is O=C(Nc1cccc(-n2ccnn2)c1)Nc1ccccc1N1CCCC1. The Kier molecular flexibility index (Phi) is 4.51. The number of nitrogens with zero attached hydrogens (tertiary/aromatic N) is 4.